The van der Waals surface area contributed by atoms with Crippen molar-refractivity contribution < 1.29 is 18.7 Å². The summed E-state index contributed by atoms with van der Waals surface area (Å²) in [6.45, 7) is 3.84. The second-order valence-electron chi connectivity index (χ2n) is 6.20. The lowest BCUT2D eigenvalue weighted by atomic mass is 10.2. The van der Waals surface area contributed by atoms with Crippen LogP contribution in [0.15, 0.2) is 42.6 Å². The van der Waals surface area contributed by atoms with Gasteiger partial charge in [0.2, 0.25) is 11.8 Å². The highest BCUT2D eigenvalue weighted by Gasteiger charge is 2.21. The predicted molar refractivity (Wildman–Crippen MR) is 99.2 cm³/mol. The summed E-state index contributed by atoms with van der Waals surface area (Å²) in [5.74, 6) is -0.229. The topological polar surface area (TPSA) is 74.8 Å². The average Bonchev–Trinajstić information content (AvgIpc) is 2.67. The molecule has 1 aliphatic heterocycles. The molecule has 8 heteroatoms. The number of carbonyl (C=O) groups is 2. The Morgan fingerprint density at radius 2 is 1.81 bits per heavy atom. The van der Waals surface area contributed by atoms with Gasteiger partial charge < -0.3 is 19.9 Å². The maximum atomic E-state index is 13.0. The molecule has 0 atom stereocenters. The van der Waals surface area contributed by atoms with E-state index >= 15 is 0 Å². The van der Waals surface area contributed by atoms with Gasteiger partial charge in [0.15, 0.2) is 6.61 Å². The average molecular weight is 372 g/mol. The number of pyridine rings is 1. The van der Waals surface area contributed by atoms with E-state index < -0.39 is 0 Å². The summed E-state index contributed by atoms with van der Waals surface area (Å²) in [5, 5.41) is 2.61. The molecule has 0 saturated carbocycles. The molecule has 1 aliphatic rings. The van der Waals surface area contributed by atoms with Crippen LogP contribution >= 0.6 is 0 Å². The minimum Gasteiger partial charge on any atom is -0.468 e. The molecule has 7 nitrogen and oxygen atoms in total. The zero-order valence-corrected chi connectivity index (χ0v) is 15.0. The van der Waals surface area contributed by atoms with Crippen LogP contribution in [0.1, 0.15) is 6.92 Å². The molecule has 0 radical (unpaired) electrons. The van der Waals surface area contributed by atoms with Gasteiger partial charge in [-0.15, -0.1) is 0 Å². The fourth-order valence-electron chi connectivity index (χ4n) is 2.84. The first kappa shape index (κ1) is 18.6. The number of piperazine rings is 1. The van der Waals surface area contributed by atoms with Crippen LogP contribution < -0.4 is 15.0 Å². The van der Waals surface area contributed by atoms with E-state index in [1.54, 1.807) is 29.2 Å². The van der Waals surface area contributed by atoms with Crippen molar-refractivity contribution >= 4 is 23.2 Å². The van der Waals surface area contributed by atoms with Gasteiger partial charge in [-0.1, -0.05) is 0 Å². The molecule has 1 N–H and O–H groups in total. The first-order valence-corrected chi connectivity index (χ1v) is 8.66. The number of nitrogens with one attached hydrogen (secondary N) is 1. The Labute approximate surface area is 156 Å². The standard InChI is InChI=1S/C19H21FN4O3/c1-14(25)22-16-4-7-18(21-12-16)27-13-19(26)24-10-8-23(9-11-24)17-5-2-15(20)3-6-17/h2-7,12H,8-11,13H2,1H3,(H,22,25). The van der Waals surface area contributed by atoms with Gasteiger partial charge in [0.1, 0.15) is 5.82 Å². The van der Waals surface area contributed by atoms with Crippen molar-refractivity contribution in [3.63, 3.8) is 0 Å². The number of anilines is 2. The van der Waals surface area contributed by atoms with Crippen molar-refractivity contribution in [2.75, 3.05) is 43.0 Å². The van der Waals surface area contributed by atoms with Crippen molar-refractivity contribution in [3.8, 4) is 5.88 Å². The molecule has 1 aromatic carbocycles. The van der Waals surface area contributed by atoms with E-state index in [4.69, 9.17) is 4.74 Å². The monoisotopic (exact) mass is 372 g/mol. The Morgan fingerprint density at radius 1 is 1.11 bits per heavy atom. The van der Waals surface area contributed by atoms with Gasteiger partial charge in [0, 0.05) is 44.9 Å². The second-order valence-corrected chi connectivity index (χ2v) is 6.20. The van der Waals surface area contributed by atoms with Crippen molar-refractivity contribution in [2.45, 2.75) is 6.92 Å². The SMILES string of the molecule is CC(=O)Nc1ccc(OCC(=O)N2CCN(c3ccc(F)cc3)CC2)nc1. The van der Waals surface area contributed by atoms with E-state index in [1.165, 1.54) is 25.3 Å². The van der Waals surface area contributed by atoms with Crippen LogP contribution in [0, 0.1) is 5.82 Å². The van der Waals surface area contributed by atoms with Gasteiger partial charge in [-0.05, 0) is 30.3 Å². The lowest BCUT2D eigenvalue weighted by Gasteiger charge is -2.36. The van der Waals surface area contributed by atoms with Gasteiger partial charge in [-0.3, -0.25) is 9.59 Å². The van der Waals surface area contributed by atoms with Crippen LogP contribution in [0.5, 0.6) is 5.88 Å². The van der Waals surface area contributed by atoms with Crippen LogP contribution in [0.3, 0.4) is 0 Å². The Balaban J connectivity index is 1.45. The normalized spacial score (nSPS) is 14.0. The number of hydrogen-bond donors (Lipinski definition) is 1. The third-order valence-corrected chi connectivity index (χ3v) is 4.22. The third kappa shape index (κ3) is 5.16. The quantitative estimate of drug-likeness (QED) is 0.868. The molecule has 2 heterocycles. The molecule has 1 aromatic heterocycles. The number of halogens is 1. The molecule has 1 fully saturated rings. The van der Waals surface area contributed by atoms with Crippen molar-refractivity contribution in [1.29, 1.82) is 0 Å². The zero-order valence-electron chi connectivity index (χ0n) is 15.0. The Hall–Kier alpha value is -3.16. The molecule has 27 heavy (non-hydrogen) atoms. The van der Waals surface area contributed by atoms with E-state index in [0.29, 0.717) is 37.7 Å². The minimum atomic E-state index is -0.261. The molecule has 0 bridgehead atoms. The number of carbonyl (C=O) groups excluding carboxylic acids is 2. The van der Waals surface area contributed by atoms with E-state index in [1.807, 2.05) is 0 Å². The molecule has 1 saturated heterocycles. The summed E-state index contributed by atoms with van der Waals surface area (Å²) in [7, 11) is 0. The fourth-order valence-corrected chi connectivity index (χ4v) is 2.84. The van der Waals surface area contributed by atoms with Gasteiger partial charge in [-0.25, -0.2) is 9.37 Å². The Bertz CT molecular complexity index is 788. The first-order valence-electron chi connectivity index (χ1n) is 8.66. The van der Waals surface area contributed by atoms with Crippen LogP contribution in [0.2, 0.25) is 0 Å². The molecule has 142 valence electrons. The smallest absolute Gasteiger partial charge is 0.260 e. The largest absolute Gasteiger partial charge is 0.468 e. The summed E-state index contributed by atoms with van der Waals surface area (Å²) in [4.78, 5) is 31.2. The summed E-state index contributed by atoms with van der Waals surface area (Å²) in [5.41, 5.74) is 1.52. The van der Waals surface area contributed by atoms with Crippen LogP contribution in [0.25, 0.3) is 0 Å². The van der Waals surface area contributed by atoms with Crippen LogP contribution in [-0.4, -0.2) is 54.5 Å². The predicted octanol–water partition coefficient (Wildman–Crippen LogP) is 1.91. The van der Waals surface area contributed by atoms with Gasteiger partial charge in [-0.2, -0.15) is 0 Å². The van der Waals surface area contributed by atoms with E-state index in [2.05, 4.69) is 15.2 Å². The molecule has 2 aromatic rings. The third-order valence-electron chi connectivity index (χ3n) is 4.22. The van der Waals surface area contributed by atoms with Gasteiger partial charge >= 0.3 is 0 Å². The Kier molecular flexibility index (Phi) is 5.85. The second kappa shape index (κ2) is 8.48. The van der Waals surface area contributed by atoms with Crippen molar-refractivity contribution in [1.82, 2.24) is 9.88 Å². The summed E-state index contributed by atoms with van der Waals surface area (Å²) < 4.78 is 18.5. The number of nitrogens with zero attached hydrogens (tertiary/aromatic N) is 3. The molecule has 2 amide bonds. The van der Waals surface area contributed by atoms with Crippen LogP contribution in [-0.2, 0) is 9.59 Å². The molecule has 0 spiro atoms. The van der Waals surface area contributed by atoms with Crippen molar-refractivity contribution in [2.24, 2.45) is 0 Å². The maximum absolute atomic E-state index is 13.0. The number of ether oxygens (including phenoxy) is 1. The molecule has 3 rings (SSSR count). The summed E-state index contributed by atoms with van der Waals surface area (Å²) in [6, 6.07) is 9.62. The highest BCUT2D eigenvalue weighted by molar-refractivity contribution is 5.88. The zero-order chi connectivity index (χ0) is 19.2. The highest BCUT2D eigenvalue weighted by Crippen LogP contribution is 2.17. The highest BCUT2D eigenvalue weighted by atomic mass is 19.1. The summed E-state index contributed by atoms with van der Waals surface area (Å²) >= 11 is 0. The lowest BCUT2D eigenvalue weighted by Crippen LogP contribution is -2.50. The molecule has 0 aliphatic carbocycles. The number of hydrogen-bond acceptors (Lipinski definition) is 5. The molecular formula is C19H21FN4O3. The first-order chi connectivity index (χ1) is 13.0. The van der Waals surface area contributed by atoms with Gasteiger partial charge in [0.25, 0.3) is 5.91 Å². The van der Waals surface area contributed by atoms with E-state index in [9.17, 15) is 14.0 Å². The Morgan fingerprint density at radius 3 is 2.41 bits per heavy atom. The lowest BCUT2D eigenvalue weighted by molar-refractivity contribution is -0.133. The fraction of sp³-hybridized carbons (Fsp3) is 0.316. The van der Waals surface area contributed by atoms with E-state index in [0.717, 1.165) is 5.69 Å². The molecule has 0 unspecified atom stereocenters. The summed E-state index contributed by atoms with van der Waals surface area (Å²) in [6.07, 6.45) is 1.47. The van der Waals surface area contributed by atoms with Crippen molar-refractivity contribution in [3.05, 3.63) is 48.4 Å². The van der Waals surface area contributed by atoms with E-state index in [-0.39, 0.29) is 24.2 Å². The minimum absolute atomic E-state index is 0.0942. The molecular weight excluding hydrogens is 351 g/mol. The number of rotatable bonds is 5. The number of amides is 2. The number of aromatic nitrogens is 1. The van der Waals surface area contributed by atoms with Crippen LogP contribution in [0.4, 0.5) is 15.8 Å². The maximum Gasteiger partial charge on any atom is 0.260 e. The number of benzene rings is 1. The van der Waals surface area contributed by atoms with Gasteiger partial charge in [0.05, 0.1) is 11.9 Å².